The van der Waals surface area contributed by atoms with Crippen LogP contribution < -0.4 is 33.2 Å². The summed E-state index contributed by atoms with van der Waals surface area (Å²) >= 11 is 0. The van der Waals surface area contributed by atoms with Crippen LogP contribution in [0.4, 0.5) is 11.9 Å². The number of carbonyl (C=O) groups is 2. The molecule has 4 atom stereocenters. The molecule has 0 fully saturated rings. The lowest BCUT2D eigenvalue weighted by molar-refractivity contribution is -0.153. The summed E-state index contributed by atoms with van der Waals surface area (Å²) in [6, 6.07) is -1.63. The molecule has 0 aliphatic rings. The highest BCUT2D eigenvalue weighted by Crippen LogP contribution is 2.12. The number of hydrogen-bond acceptors (Lipinski definition) is 18. The molecule has 0 bridgehead atoms. The van der Waals surface area contributed by atoms with Crippen LogP contribution in [0.5, 0.6) is 0 Å². The van der Waals surface area contributed by atoms with Crippen molar-refractivity contribution in [3.05, 3.63) is 33.4 Å². The third-order valence-electron chi connectivity index (χ3n) is 7.57. The fourth-order valence-corrected chi connectivity index (χ4v) is 4.24. The summed E-state index contributed by atoms with van der Waals surface area (Å²) in [5, 5.41) is 25.1. The number of aliphatic hydroxyl groups is 2. The molecule has 0 amide bonds. The van der Waals surface area contributed by atoms with Crippen LogP contribution >= 0.6 is 12.4 Å². The van der Waals surface area contributed by atoms with Crippen molar-refractivity contribution in [3.63, 3.8) is 0 Å². The molecule has 10 N–H and O–H groups in total. The number of anilines is 2. The van der Waals surface area contributed by atoms with Gasteiger partial charge in [0.15, 0.2) is 22.3 Å². The van der Waals surface area contributed by atoms with Crippen LogP contribution in [0.15, 0.2) is 22.2 Å². The molecule has 22 nitrogen and oxygen atoms in total. The summed E-state index contributed by atoms with van der Waals surface area (Å²) in [7, 11) is 0. The number of esters is 2. The van der Waals surface area contributed by atoms with E-state index in [-0.39, 0.29) is 91.8 Å². The minimum atomic E-state index is -0.876. The van der Waals surface area contributed by atoms with Crippen LogP contribution in [0.3, 0.4) is 0 Å². The van der Waals surface area contributed by atoms with Gasteiger partial charge in [-0.25, -0.2) is 9.97 Å². The molecule has 4 rings (SSSR count). The number of nitrogens with one attached hydrogen (secondary N) is 4. The normalized spacial score (nSPS) is 13.9. The van der Waals surface area contributed by atoms with Gasteiger partial charge in [0, 0.05) is 0 Å². The zero-order valence-electron chi connectivity index (χ0n) is 29.0. The van der Waals surface area contributed by atoms with Crippen molar-refractivity contribution < 1.29 is 38.7 Å². The number of H-pyrrole nitrogens is 2. The highest BCUT2D eigenvalue weighted by atomic mass is 35.5. The predicted octanol–water partition coefficient (Wildman–Crippen LogP) is -1.82. The highest BCUT2D eigenvalue weighted by molar-refractivity contribution is 5.85. The van der Waals surface area contributed by atoms with Crippen molar-refractivity contribution >= 4 is 58.6 Å². The second-order valence-corrected chi connectivity index (χ2v) is 12.1. The number of imidazole rings is 2. The first-order valence-electron chi connectivity index (χ1n) is 16.0. The van der Waals surface area contributed by atoms with Crippen molar-refractivity contribution in [2.75, 3.05) is 43.7 Å². The van der Waals surface area contributed by atoms with Gasteiger partial charge in [0.1, 0.15) is 51.0 Å². The number of fused-ring (bicyclic) bond motifs is 2. The second-order valence-electron chi connectivity index (χ2n) is 12.1. The van der Waals surface area contributed by atoms with Crippen LogP contribution in [-0.4, -0.2) is 119 Å². The third-order valence-corrected chi connectivity index (χ3v) is 7.57. The summed E-state index contributed by atoms with van der Waals surface area (Å²) in [5.74, 6) is -1.40. The maximum atomic E-state index is 12.7. The lowest BCUT2D eigenvalue weighted by Gasteiger charge is -2.19. The van der Waals surface area contributed by atoms with Crippen LogP contribution in [-0.2, 0) is 42.0 Å². The van der Waals surface area contributed by atoms with E-state index in [1.165, 1.54) is 21.8 Å². The smallest absolute Gasteiger partial charge is 0.323 e. The number of halogens is 1. The number of hydrogen-bond donors (Lipinski definition) is 8. The van der Waals surface area contributed by atoms with E-state index in [1.54, 1.807) is 27.7 Å². The monoisotopic (exact) mass is 756 g/mol. The molecular weight excluding hydrogens is 712 g/mol. The van der Waals surface area contributed by atoms with E-state index in [1.807, 2.05) is 0 Å². The van der Waals surface area contributed by atoms with Gasteiger partial charge in [-0.15, -0.1) is 12.4 Å². The molecule has 2 unspecified atom stereocenters. The number of aromatic nitrogens is 8. The van der Waals surface area contributed by atoms with Crippen LogP contribution in [0.25, 0.3) is 22.3 Å². The number of aromatic amines is 2. The standard InChI is InChI=1S/C29H44N12O10.ClH/c1-14(2)18(30)26(46)48-7-16(5-42)50-12-40-10-34-20-22(40)36-28(38-24(20)44)32-9-33-29-37-23-21(25(45)39-29)35-11-41(23)13-51-17(6-43)8-49-27(47)19(31)15(3)4;/h10-11,14-19,42-43H,5-9,12-13,30-31H2,1-4H3,(H2,32,36,38,44)(H2,33,37,39,45);1H/t16?,17?,18-,19-;/m0./s1. The topological polar surface area (TPSA) is 315 Å². The molecule has 288 valence electrons. The first kappa shape index (κ1) is 41.7. The Labute approximate surface area is 302 Å². The van der Waals surface area contributed by atoms with Crippen molar-refractivity contribution in [2.45, 2.75) is 65.4 Å². The van der Waals surface area contributed by atoms with Crippen molar-refractivity contribution in [2.24, 2.45) is 23.3 Å². The molecule has 0 radical (unpaired) electrons. The number of carbonyl (C=O) groups excluding carboxylic acids is 2. The minimum Gasteiger partial charge on any atom is -0.462 e. The largest absolute Gasteiger partial charge is 0.462 e. The summed E-state index contributed by atoms with van der Waals surface area (Å²) in [6.07, 6.45) is 0.912. The van der Waals surface area contributed by atoms with Gasteiger partial charge >= 0.3 is 11.9 Å². The van der Waals surface area contributed by atoms with E-state index in [0.29, 0.717) is 0 Å². The van der Waals surface area contributed by atoms with E-state index in [4.69, 9.17) is 30.4 Å². The van der Waals surface area contributed by atoms with Crippen LogP contribution in [0, 0.1) is 11.8 Å². The van der Waals surface area contributed by atoms with Gasteiger partial charge in [-0.1, -0.05) is 27.7 Å². The van der Waals surface area contributed by atoms with Crippen LogP contribution in [0.2, 0.25) is 0 Å². The molecule has 52 heavy (non-hydrogen) atoms. The summed E-state index contributed by atoms with van der Waals surface area (Å²) in [4.78, 5) is 71.5. The Morgan fingerprint density at radius 1 is 0.769 bits per heavy atom. The van der Waals surface area contributed by atoms with Gasteiger partial charge in [0.25, 0.3) is 11.1 Å². The lowest BCUT2D eigenvalue weighted by Crippen LogP contribution is -2.39. The maximum Gasteiger partial charge on any atom is 0.323 e. The predicted molar refractivity (Wildman–Crippen MR) is 187 cm³/mol. The molecule has 0 aliphatic heterocycles. The Morgan fingerprint density at radius 2 is 1.15 bits per heavy atom. The zero-order chi connectivity index (χ0) is 37.2. The van der Waals surface area contributed by atoms with Gasteiger partial charge < -0.3 is 51.3 Å². The van der Waals surface area contributed by atoms with Crippen molar-refractivity contribution in [1.29, 1.82) is 0 Å². The van der Waals surface area contributed by atoms with Crippen molar-refractivity contribution in [1.82, 2.24) is 39.0 Å². The number of rotatable bonds is 20. The minimum absolute atomic E-state index is 0. The Hall–Kier alpha value is -4.71. The molecule has 4 aromatic rings. The van der Waals surface area contributed by atoms with Gasteiger partial charge in [-0.3, -0.25) is 38.3 Å². The number of nitrogens with zero attached hydrogens (tertiary/aromatic N) is 6. The van der Waals surface area contributed by atoms with Gasteiger partial charge in [-0.2, -0.15) is 9.97 Å². The Balaban J connectivity index is 0.00000729. The SMILES string of the molecule is CC(C)[C@H](N)C(=O)OCC(CO)OCn1cnc2c(=O)[nH]c(NCNc3nc4c(ncn4COC(CO)COC(=O)[C@@H](N)C(C)C)c(=O)[nH]3)nc21.Cl. The van der Waals surface area contributed by atoms with Gasteiger partial charge in [0.2, 0.25) is 11.9 Å². The first-order chi connectivity index (χ1) is 24.3. The van der Waals surface area contributed by atoms with Gasteiger partial charge in [-0.05, 0) is 11.8 Å². The highest BCUT2D eigenvalue weighted by Gasteiger charge is 2.22. The number of nitrogens with two attached hydrogens (primary N) is 2. The average molecular weight is 757 g/mol. The molecule has 0 spiro atoms. The third kappa shape index (κ3) is 10.7. The van der Waals surface area contributed by atoms with Gasteiger partial charge in [0.05, 0.1) is 32.5 Å². The van der Waals surface area contributed by atoms with E-state index < -0.39 is 60.6 Å². The summed E-state index contributed by atoms with van der Waals surface area (Å²) in [6.45, 7) is 5.32. The van der Waals surface area contributed by atoms with E-state index in [0.717, 1.165) is 0 Å². The molecule has 4 aromatic heterocycles. The Kier molecular flexibility index (Phi) is 15.4. The molecule has 0 saturated carbocycles. The molecular formula is C29H45ClN12O10. The quantitative estimate of drug-likeness (QED) is 0.0363. The fraction of sp³-hybridized carbons (Fsp3) is 0.586. The Bertz CT molecular complexity index is 1760. The Morgan fingerprint density at radius 3 is 1.50 bits per heavy atom. The summed E-state index contributed by atoms with van der Waals surface area (Å²) in [5.41, 5.74) is 10.9. The lowest BCUT2D eigenvalue weighted by atomic mass is 10.1. The van der Waals surface area contributed by atoms with E-state index in [2.05, 4.69) is 40.5 Å². The number of ether oxygens (including phenoxy) is 4. The van der Waals surface area contributed by atoms with Crippen molar-refractivity contribution in [3.8, 4) is 0 Å². The maximum absolute atomic E-state index is 12.7. The second kappa shape index (κ2) is 19.2. The summed E-state index contributed by atoms with van der Waals surface area (Å²) < 4.78 is 24.5. The van der Waals surface area contributed by atoms with E-state index in [9.17, 15) is 29.4 Å². The zero-order valence-corrected chi connectivity index (χ0v) is 29.8. The molecule has 0 aliphatic carbocycles. The van der Waals surface area contributed by atoms with Crippen LogP contribution in [0.1, 0.15) is 27.7 Å². The molecule has 0 aromatic carbocycles. The average Bonchev–Trinajstić information content (AvgIpc) is 3.71. The number of aliphatic hydroxyl groups excluding tert-OH is 2. The molecule has 0 saturated heterocycles. The molecule has 4 heterocycles. The van der Waals surface area contributed by atoms with E-state index >= 15 is 0 Å². The first-order valence-corrected chi connectivity index (χ1v) is 16.0. The molecule has 23 heteroatoms. The fourth-order valence-electron chi connectivity index (χ4n) is 4.24.